The van der Waals surface area contributed by atoms with Crippen LogP contribution in [0.1, 0.15) is 16.7 Å². The Kier molecular flexibility index (Phi) is 5.40. The lowest BCUT2D eigenvalue weighted by Crippen LogP contribution is -2.34. The first kappa shape index (κ1) is 20.7. The molecule has 0 unspecified atom stereocenters. The van der Waals surface area contributed by atoms with E-state index < -0.39 is 0 Å². The normalized spacial score (nSPS) is 17.3. The third kappa shape index (κ3) is 3.55. The van der Waals surface area contributed by atoms with E-state index in [0.29, 0.717) is 39.3 Å². The second kappa shape index (κ2) is 8.37. The van der Waals surface area contributed by atoms with Gasteiger partial charge in [-0.05, 0) is 35.8 Å². The molecule has 2 aliphatic rings. The van der Waals surface area contributed by atoms with Crippen LogP contribution in [0.5, 0.6) is 0 Å². The molecule has 1 fully saturated rings. The van der Waals surface area contributed by atoms with Gasteiger partial charge in [-0.1, -0.05) is 60.4 Å². The first-order valence-corrected chi connectivity index (χ1v) is 11.5. The number of pyridine rings is 1. The summed E-state index contributed by atoms with van der Waals surface area (Å²) in [5.74, 6) is 0.372. The summed E-state index contributed by atoms with van der Waals surface area (Å²) in [7, 11) is 0. The van der Waals surface area contributed by atoms with E-state index in [-0.39, 0.29) is 11.5 Å². The zero-order chi connectivity index (χ0) is 22.2. The molecule has 3 aromatic rings. The molecule has 0 radical (unpaired) electrons. The van der Waals surface area contributed by atoms with Crippen molar-refractivity contribution in [3.05, 3.63) is 93.3 Å². The summed E-state index contributed by atoms with van der Waals surface area (Å²) in [5, 5.41) is 0. The van der Waals surface area contributed by atoms with Crippen molar-refractivity contribution in [2.24, 2.45) is 0 Å². The third-order valence-electron chi connectivity index (χ3n) is 5.64. The summed E-state index contributed by atoms with van der Waals surface area (Å²) in [6, 6.07) is 13.8. The second-order valence-electron chi connectivity index (χ2n) is 7.60. The molecule has 0 aliphatic carbocycles. The zero-order valence-electron chi connectivity index (χ0n) is 17.2. The molecule has 4 heterocycles. The molecule has 0 atom stereocenters. The van der Waals surface area contributed by atoms with Crippen LogP contribution in [0.15, 0.2) is 71.0 Å². The predicted octanol–water partition coefficient (Wildman–Crippen LogP) is 3.64. The van der Waals surface area contributed by atoms with Crippen molar-refractivity contribution in [3.8, 4) is 0 Å². The standard InChI is InChI=1S/C24H20N4O2S2/c1-2-11-28-23(30)19(32-24(28)31)14-18-21(25-20-9-5-6-12-27(20)22(18)29)26-13-10-16-7-3-4-8-17(16)15-26/h2-9,12,14H,1,10-11,13,15H2. The number of carbonyl (C=O) groups is 1. The Hall–Kier alpha value is -3.23. The molecule has 8 heteroatoms. The van der Waals surface area contributed by atoms with Crippen LogP contribution in [0.2, 0.25) is 0 Å². The Morgan fingerprint density at radius 3 is 2.72 bits per heavy atom. The van der Waals surface area contributed by atoms with E-state index in [1.165, 1.54) is 32.2 Å². The molecule has 0 spiro atoms. The number of benzene rings is 1. The molecule has 160 valence electrons. The zero-order valence-corrected chi connectivity index (χ0v) is 18.9. The Morgan fingerprint density at radius 1 is 1.12 bits per heavy atom. The van der Waals surface area contributed by atoms with Crippen LogP contribution in [0.25, 0.3) is 11.7 Å². The maximum absolute atomic E-state index is 13.5. The molecule has 2 aromatic heterocycles. The van der Waals surface area contributed by atoms with Gasteiger partial charge in [-0.2, -0.15) is 0 Å². The van der Waals surface area contributed by atoms with Gasteiger partial charge in [-0.25, -0.2) is 4.98 Å². The van der Waals surface area contributed by atoms with E-state index >= 15 is 0 Å². The van der Waals surface area contributed by atoms with E-state index in [4.69, 9.17) is 17.2 Å². The predicted molar refractivity (Wildman–Crippen MR) is 133 cm³/mol. The van der Waals surface area contributed by atoms with Crippen molar-refractivity contribution in [2.75, 3.05) is 18.0 Å². The van der Waals surface area contributed by atoms with Crippen LogP contribution < -0.4 is 10.5 Å². The lowest BCUT2D eigenvalue weighted by molar-refractivity contribution is -0.121. The van der Waals surface area contributed by atoms with Crippen molar-refractivity contribution in [1.82, 2.24) is 14.3 Å². The highest BCUT2D eigenvalue weighted by Crippen LogP contribution is 2.34. The van der Waals surface area contributed by atoms with Crippen molar-refractivity contribution in [3.63, 3.8) is 0 Å². The molecule has 6 nitrogen and oxygen atoms in total. The molecule has 1 aromatic carbocycles. The summed E-state index contributed by atoms with van der Waals surface area (Å²) in [4.78, 5) is 35.2. The summed E-state index contributed by atoms with van der Waals surface area (Å²) in [6.07, 6.45) is 5.84. The summed E-state index contributed by atoms with van der Waals surface area (Å²) in [6.45, 7) is 5.43. The summed E-state index contributed by atoms with van der Waals surface area (Å²) < 4.78 is 1.97. The summed E-state index contributed by atoms with van der Waals surface area (Å²) in [5.41, 5.74) is 3.29. The van der Waals surface area contributed by atoms with Crippen molar-refractivity contribution in [2.45, 2.75) is 13.0 Å². The van der Waals surface area contributed by atoms with E-state index in [1.807, 2.05) is 24.3 Å². The fourth-order valence-corrected chi connectivity index (χ4v) is 5.31. The monoisotopic (exact) mass is 460 g/mol. The molecule has 0 saturated carbocycles. The molecule has 32 heavy (non-hydrogen) atoms. The first-order chi connectivity index (χ1) is 15.6. The average Bonchev–Trinajstić information content (AvgIpc) is 3.08. The second-order valence-corrected chi connectivity index (χ2v) is 9.28. The minimum Gasteiger partial charge on any atom is -0.351 e. The third-order valence-corrected chi connectivity index (χ3v) is 7.02. The summed E-state index contributed by atoms with van der Waals surface area (Å²) >= 11 is 6.56. The van der Waals surface area contributed by atoms with Crippen molar-refractivity contribution >= 4 is 51.7 Å². The molecule has 2 aliphatic heterocycles. The highest BCUT2D eigenvalue weighted by molar-refractivity contribution is 8.26. The number of anilines is 1. The van der Waals surface area contributed by atoms with Crippen molar-refractivity contribution in [1.29, 1.82) is 0 Å². The number of thioether (sulfide) groups is 1. The Morgan fingerprint density at radius 2 is 1.91 bits per heavy atom. The van der Waals surface area contributed by atoms with E-state index in [1.54, 1.807) is 24.4 Å². The number of thiocarbonyl (C=S) groups is 1. The van der Waals surface area contributed by atoms with Gasteiger partial charge in [0.1, 0.15) is 15.8 Å². The highest BCUT2D eigenvalue weighted by Gasteiger charge is 2.32. The molecule has 5 rings (SSSR count). The van der Waals surface area contributed by atoms with Gasteiger partial charge < -0.3 is 4.90 Å². The van der Waals surface area contributed by atoms with Crippen molar-refractivity contribution < 1.29 is 4.79 Å². The minimum absolute atomic E-state index is 0.210. The van der Waals surface area contributed by atoms with Crippen LogP contribution in [-0.4, -0.2) is 37.6 Å². The number of aromatic nitrogens is 2. The topological polar surface area (TPSA) is 57.9 Å². The molecule has 0 N–H and O–H groups in total. The van der Waals surface area contributed by atoms with Crippen LogP contribution in [0, 0.1) is 0 Å². The number of fused-ring (bicyclic) bond motifs is 2. The molecule has 1 saturated heterocycles. The van der Waals surface area contributed by atoms with Gasteiger partial charge in [0.2, 0.25) is 0 Å². The van der Waals surface area contributed by atoms with Gasteiger partial charge in [0.05, 0.1) is 10.5 Å². The van der Waals surface area contributed by atoms with E-state index in [9.17, 15) is 9.59 Å². The number of hydrogen-bond acceptors (Lipinski definition) is 6. The quantitative estimate of drug-likeness (QED) is 0.337. The Bertz CT molecular complexity index is 1360. The lowest BCUT2D eigenvalue weighted by atomic mass is 9.99. The maximum atomic E-state index is 13.5. The number of amides is 1. The van der Waals surface area contributed by atoms with Gasteiger partial charge in [-0.3, -0.25) is 18.9 Å². The van der Waals surface area contributed by atoms with Gasteiger partial charge in [0.25, 0.3) is 11.5 Å². The molecule has 1 amide bonds. The lowest BCUT2D eigenvalue weighted by Gasteiger charge is -2.30. The fourth-order valence-electron chi connectivity index (χ4n) is 4.05. The smallest absolute Gasteiger partial charge is 0.267 e. The van der Waals surface area contributed by atoms with Crippen LogP contribution >= 0.6 is 24.0 Å². The minimum atomic E-state index is -0.215. The van der Waals surface area contributed by atoms with Gasteiger partial charge in [-0.15, -0.1) is 6.58 Å². The van der Waals surface area contributed by atoms with Crippen LogP contribution in [0.3, 0.4) is 0 Å². The number of hydrogen-bond donors (Lipinski definition) is 0. The van der Waals surface area contributed by atoms with E-state index in [2.05, 4.69) is 23.6 Å². The Labute approximate surface area is 194 Å². The van der Waals surface area contributed by atoms with Gasteiger partial charge in [0, 0.05) is 25.8 Å². The SMILES string of the molecule is C=CCN1C(=O)C(=Cc2c(N3CCc4ccccc4C3)nc3ccccn3c2=O)SC1=S. The van der Waals surface area contributed by atoms with Crippen LogP contribution in [0.4, 0.5) is 5.82 Å². The fraction of sp³-hybridized carbons (Fsp3) is 0.167. The molecular weight excluding hydrogens is 440 g/mol. The molecule has 0 bridgehead atoms. The number of rotatable bonds is 4. The van der Waals surface area contributed by atoms with E-state index in [0.717, 1.165) is 13.0 Å². The number of carbonyl (C=O) groups excluding carboxylic acids is 1. The number of nitrogens with zero attached hydrogens (tertiary/aromatic N) is 4. The van der Waals surface area contributed by atoms with Gasteiger partial charge >= 0.3 is 0 Å². The first-order valence-electron chi connectivity index (χ1n) is 10.3. The average molecular weight is 461 g/mol. The maximum Gasteiger partial charge on any atom is 0.267 e. The molecular formula is C24H20N4O2S2. The van der Waals surface area contributed by atoms with Gasteiger partial charge in [0.15, 0.2) is 0 Å². The highest BCUT2D eigenvalue weighted by atomic mass is 32.2. The Balaban J connectivity index is 1.65. The van der Waals surface area contributed by atoms with Crippen LogP contribution in [-0.2, 0) is 17.8 Å². The largest absolute Gasteiger partial charge is 0.351 e.